The molecule has 1 fully saturated rings. The zero-order valence-electron chi connectivity index (χ0n) is 10.7. The molecule has 0 spiro atoms. The summed E-state index contributed by atoms with van der Waals surface area (Å²) in [5.41, 5.74) is 1.29. The molecule has 0 amide bonds. The maximum Gasteiger partial charge on any atom is 0.0987 e. The number of hydrogen-bond donors (Lipinski definition) is 0. The van der Waals surface area contributed by atoms with Gasteiger partial charge < -0.3 is 0 Å². The summed E-state index contributed by atoms with van der Waals surface area (Å²) in [6.07, 6.45) is 3.13. The van der Waals surface area contributed by atoms with E-state index in [4.69, 9.17) is 4.84 Å². The van der Waals surface area contributed by atoms with Crippen molar-refractivity contribution in [3.8, 4) is 0 Å². The van der Waals surface area contributed by atoms with Crippen LogP contribution in [0.3, 0.4) is 0 Å². The molecule has 0 N–H and O–H groups in total. The number of benzene rings is 1. The molecule has 0 unspecified atom stereocenters. The van der Waals surface area contributed by atoms with Crippen LogP contribution in [0.2, 0.25) is 0 Å². The second-order valence-corrected chi connectivity index (χ2v) is 4.99. The molecule has 1 aromatic rings. The largest absolute Gasteiger partial charge is 0.291 e. The lowest BCUT2D eigenvalue weighted by atomic mass is 9.98. The van der Waals surface area contributed by atoms with E-state index in [9.17, 15) is 0 Å². The number of hydrogen-bond acceptors (Lipinski definition) is 2. The van der Waals surface area contributed by atoms with Gasteiger partial charge in [0.05, 0.1) is 6.10 Å². The first-order valence-electron chi connectivity index (χ1n) is 6.30. The molecule has 2 nitrogen and oxygen atoms in total. The lowest BCUT2D eigenvalue weighted by Crippen LogP contribution is -2.31. The van der Waals surface area contributed by atoms with Crippen molar-refractivity contribution in [3.63, 3.8) is 0 Å². The first-order chi connectivity index (χ1) is 8.20. The van der Waals surface area contributed by atoms with E-state index < -0.39 is 0 Å². The molecule has 0 bridgehead atoms. The van der Waals surface area contributed by atoms with Gasteiger partial charge in [-0.3, -0.25) is 4.84 Å². The highest BCUT2D eigenvalue weighted by atomic mass is 16.7. The maximum atomic E-state index is 5.90. The van der Waals surface area contributed by atoms with Gasteiger partial charge >= 0.3 is 0 Å². The fourth-order valence-electron chi connectivity index (χ4n) is 2.31. The Morgan fingerprint density at radius 3 is 2.71 bits per heavy atom. The van der Waals surface area contributed by atoms with E-state index in [1.165, 1.54) is 5.56 Å². The van der Waals surface area contributed by atoms with Crippen LogP contribution in [-0.2, 0) is 11.4 Å². The zero-order valence-corrected chi connectivity index (χ0v) is 10.7. The molecule has 1 saturated heterocycles. The highest BCUT2D eigenvalue weighted by Crippen LogP contribution is 2.28. The fourth-order valence-corrected chi connectivity index (χ4v) is 2.31. The second-order valence-electron chi connectivity index (χ2n) is 4.99. The molecule has 2 heteroatoms. The van der Waals surface area contributed by atoms with E-state index in [2.05, 4.69) is 49.8 Å². The molecular weight excluding hydrogens is 210 g/mol. The molecule has 17 heavy (non-hydrogen) atoms. The zero-order chi connectivity index (χ0) is 12.3. The van der Waals surface area contributed by atoms with Gasteiger partial charge in [0.25, 0.3) is 0 Å². The van der Waals surface area contributed by atoms with Gasteiger partial charge in [-0.05, 0) is 17.9 Å². The predicted octanol–water partition coefficient (Wildman–Crippen LogP) is 3.40. The van der Waals surface area contributed by atoms with Crippen molar-refractivity contribution < 1.29 is 4.84 Å². The van der Waals surface area contributed by atoms with Crippen molar-refractivity contribution in [3.05, 3.63) is 48.6 Å². The van der Waals surface area contributed by atoms with Crippen LogP contribution in [-0.4, -0.2) is 17.2 Å². The van der Waals surface area contributed by atoms with Crippen molar-refractivity contribution in [2.45, 2.75) is 39.0 Å². The first kappa shape index (κ1) is 12.3. The van der Waals surface area contributed by atoms with Crippen molar-refractivity contribution in [2.75, 3.05) is 0 Å². The Labute approximate surface area is 104 Å². The van der Waals surface area contributed by atoms with E-state index in [-0.39, 0.29) is 6.10 Å². The molecule has 1 aliphatic rings. The van der Waals surface area contributed by atoms with Gasteiger partial charge in [0.1, 0.15) is 0 Å². The van der Waals surface area contributed by atoms with Crippen LogP contribution in [0, 0.1) is 5.92 Å². The molecular formula is C15H21NO. The topological polar surface area (TPSA) is 12.5 Å². The Balaban J connectivity index is 2.06. The predicted molar refractivity (Wildman–Crippen MR) is 70.3 cm³/mol. The van der Waals surface area contributed by atoms with E-state index in [1.54, 1.807) is 0 Å². The van der Waals surface area contributed by atoms with Crippen LogP contribution in [0.25, 0.3) is 0 Å². The molecule has 1 aliphatic heterocycles. The van der Waals surface area contributed by atoms with Gasteiger partial charge in [-0.25, -0.2) is 0 Å². The van der Waals surface area contributed by atoms with E-state index >= 15 is 0 Å². The van der Waals surface area contributed by atoms with E-state index in [1.807, 2.05) is 12.1 Å². The Morgan fingerprint density at radius 2 is 2.12 bits per heavy atom. The Bertz CT molecular complexity index is 360. The quantitative estimate of drug-likeness (QED) is 0.736. The molecule has 0 radical (unpaired) electrons. The average molecular weight is 231 g/mol. The number of rotatable bonds is 4. The molecule has 2 atom stereocenters. The molecule has 0 saturated carbocycles. The number of hydroxylamine groups is 2. The summed E-state index contributed by atoms with van der Waals surface area (Å²) in [5, 5.41) is 2.12. The summed E-state index contributed by atoms with van der Waals surface area (Å²) >= 11 is 0. The van der Waals surface area contributed by atoms with Gasteiger partial charge in [-0.1, -0.05) is 50.3 Å². The van der Waals surface area contributed by atoms with Crippen LogP contribution in [0.5, 0.6) is 0 Å². The van der Waals surface area contributed by atoms with Gasteiger partial charge in [-0.2, -0.15) is 5.06 Å². The van der Waals surface area contributed by atoms with Gasteiger partial charge in [0.2, 0.25) is 0 Å². The van der Waals surface area contributed by atoms with Crippen LogP contribution in [0.4, 0.5) is 0 Å². The summed E-state index contributed by atoms with van der Waals surface area (Å²) in [7, 11) is 0. The SMILES string of the molecule is C=C[C@H]1C[C@H](C(C)C)N(Cc2ccccc2)O1. The summed E-state index contributed by atoms with van der Waals surface area (Å²) in [5.74, 6) is 0.601. The van der Waals surface area contributed by atoms with Crippen molar-refractivity contribution in [1.29, 1.82) is 0 Å². The molecule has 2 rings (SSSR count). The first-order valence-corrected chi connectivity index (χ1v) is 6.30. The normalized spacial score (nSPS) is 25.4. The smallest absolute Gasteiger partial charge is 0.0987 e. The monoisotopic (exact) mass is 231 g/mol. The third kappa shape index (κ3) is 2.96. The van der Waals surface area contributed by atoms with Crippen molar-refractivity contribution in [1.82, 2.24) is 5.06 Å². The number of nitrogens with zero attached hydrogens (tertiary/aromatic N) is 1. The van der Waals surface area contributed by atoms with Gasteiger partial charge in [0, 0.05) is 12.6 Å². The van der Waals surface area contributed by atoms with E-state index in [0.717, 1.165) is 13.0 Å². The Hall–Kier alpha value is -1.12. The molecule has 1 aromatic carbocycles. The van der Waals surface area contributed by atoms with Crippen LogP contribution in [0.1, 0.15) is 25.8 Å². The minimum Gasteiger partial charge on any atom is -0.291 e. The molecule has 0 aromatic heterocycles. The minimum atomic E-state index is 0.172. The molecule has 0 aliphatic carbocycles. The standard InChI is InChI=1S/C15H21NO/c1-4-14-10-15(12(2)3)16(17-14)11-13-8-6-5-7-9-13/h4-9,12,14-15H,1,10-11H2,2-3H3/t14-,15+/m0/s1. The summed E-state index contributed by atoms with van der Waals surface area (Å²) in [6, 6.07) is 10.9. The maximum absolute atomic E-state index is 5.90. The van der Waals surface area contributed by atoms with E-state index in [0.29, 0.717) is 12.0 Å². The summed E-state index contributed by atoms with van der Waals surface area (Å²) in [4.78, 5) is 5.90. The van der Waals surface area contributed by atoms with Crippen LogP contribution in [0.15, 0.2) is 43.0 Å². The van der Waals surface area contributed by atoms with Crippen LogP contribution >= 0.6 is 0 Å². The lowest BCUT2D eigenvalue weighted by Gasteiger charge is -2.25. The third-order valence-corrected chi connectivity index (χ3v) is 3.33. The van der Waals surface area contributed by atoms with Crippen LogP contribution < -0.4 is 0 Å². The Kier molecular flexibility index (Phi) is 3.97. The lowest BCUT2D eigenvalue weighted by molar-refractivity contribution is -0.164. The second kappa shape index (κ2) is 5.48. The van der Waals surface area contributed by atoms with Gasteiger partial charge in [0.15, 0.2) is 0 Å². The van der Waals surface area contributed by atoms with Crippen molar-refractivity contribution >= 4 is 0 Å². The fraction of sp³-hybridized carbons (Fsp3) is 0.467. The highest BCUT2D eigenvalue weighted by molar-refractivity contribution is 5.14. The minimum absolute atomic E-state index is 0.172. The average Bonchev–Trinajstić information content (AvgIpc) is 2.74. The highest BCUT2D eigenvalue weighted by Gasteiger charge is 2.33. The Morgan fingerprint density at radius 1 is 1.41 bits per heavy atom. The summed E-state index contributed by atoms with van der Waals surface area (Å²) in [6.45, 7) is 9.18. The van der Waals surface area contributed by atoms with Crippen molar-refractivity contribution in [2.24, 2.45) is 5.92 Å². The van der Waals surface area contributed by atoms with Gasteiger partial charge in [-0.15, -0.1) is 6.58 Å². The molecule has 1 heterocycles. The molecule has 92 valence electrons. The summed E-state index contributed by atoms with van der Waals surface area (Å²) < 4.78 is 0. The third-order valence-electron chi connectivity index (χ3n) is 3.33.